The van der Waals surface area contributed by atoms with E-state index in [4.69, 9.17) is 4.99 Å². The summed E-state index contributed by atoms with van der Waals surface area (Å²) in [7, 11) is 4.16. The molecule has 2 aromatic rings. The fourth-order valence-corrected chi connectivity index (χ4v) is 2.62. The fraction of sp³-hybridized carbons (Fsp3) is 0.421. The highest BCUT2D eigenvalue weighted by molar-refractivity contribution is 5.79. The molecule has 4 nitrogen and oxygen atoms in total. The smallest absolute Gasteiger partial charge is 0.194 e. The summed E-state index contributed by atoms with van der Waals surface area (Å²) in [4.78, 5) is 6.96. The fourth-order valence-electron chi connectivity index (χ4n) is 2.62. The number of benzene rings is 1. The number of hydrogen-bond acceptors (Lipinski definition) is 1. The molecule has 1 aromatic heterocycles. The highest BCUT2D eigenvalue weighted by Gasteiger charge is 2.08. The molecule has 1 heterocycles. The summed E-state index contributed by atoms with van der Waals surface area (Å²) in [5.41, 5.74) is 3.99. The summed E-state index contributed by atoms with van der Waals surface area (Å²) in [6.45, 7) is 6.78. The second-order valence-electron chi connectivity index (χ2n) is 5.88. The van der Waals surface area contributed by atoms with Crippen molar-refractivity contribution < 1.29 is 0 Å². The standard InChI is InChI=1S/C19H28N4/c1-5-20-19(23(4)15-18-11-8-14-22(18)3)21-13-12-17-10-7-6-9-16(17)2/h6-11,14H,5,12-13,15H2,1-4H3,(H,20,21). The van der Waals surface area contributed by atoms with Crippen molar-refractivity contribution in [1.29, 1.82) is 0 Å². The number of aryl methyl sites for hydroxylation is 2. The van der Waals surface area contributed by atoms with Gasteiger partial charge in [-0.25, -0.2) is 0 Å². The van der Waals surface area contributed by atoms with E-state index in [1.165, 1.54) is 16.8 Å². The van der Waals surface area contributed by atoms with Gasteiger partial charge in [0.2, 0.25) is 0 Å². The molecule has 0 radical (unpaired) electrons. The summed E-state index contributed by atoms with van der Waals surface area (Å²) in [5.74, 6) is 0.960. The van der Waals surface area contributed by atoms with Gasteiger partial charge < -0.3 is 14.8 Å². The topological polar surface area (TPSA) is 32.6 Å². The van der Waals surface area contributed by atoms with Gasteiger partial charge in [-0.2, -0.15) is 0 Å². The molecular formula is C19H28N4. The molecule has 0 spiro atoms. The molecule has 2 rings (SSSR count). The van der Waals surface area contributed by atoms with Crippen LogP contribution in [0.25, 0.3) is 0 Å². The number of aliphatic imine (C=N–C) groups is 1. The first-order valence-corrected chi connectivity index (χ1v) is 8.26. The lowest BCUT2D eigenvalue weighted by Gasteiger charge is -2.22. The van der Waals surface area contributed by atoms with Gasteiger partial charge in [-0.1, -0.05) is 24.3 Å². The Balaban J connectivity index is 1.99. The van der Waals surface area contributed by atoms with Crippen molar-refractivity contribution in [3.63, 3.8) is 0 Å². The van der Waals surface area contributed by atoms with Gasteiger partial charge in [-0.3, -0.25) is 4.99 Å². The van der Waals surface area contributed by atoms with Crippen LogP contribution in [0.4, 0.5) is 0 Å². The van der Waals surface area contributed by atoms with Crippen LogP contribution in [0.5, 0.6) is 0 Å². The predicted molar refractivity (Wildman–Crippen MR) is 97.7 cm³/mol. The number of rotatable bonds is 6. The first-order chi connectivity index (χ1) is 11.1. The maximum Gasteiger partial charge on any atom is 0.194 e. The van der Waals surface area contributed by atoms with Crippen molar-refractivity contribution in [2.45, 2.75) is 26.8 Å². The first kappa shape index (κ1) is 17.1. The van der Waals surface area contributed by atoms with Gasteiger partial charge in [0.25, 0.3) is 0 Å². The van der Waals surface area contributed by atoms with Crippen LogP contribution in [-0.4, -0.2) is 35.6 Å². The molecule has 0 unspecified atom stereocenters. The average molecular weight is 312 g/mol. The maximum absolute atomic E-state index is 4.78. The Bertz CT molecular complexity index is 642. The van der Waals surface area contributed by atoms with Crippen LogP contribution in [0.3, 0.4) is 0 Å². The summed E-state index contributed by atoms with van der Waals surface area (Å²) in [5, 5.41) is 3.38. The largest absolute Gasteiger partial charge is 0.357 e. The second-order valence-corrected chi connectivity index (χ2v) is 5.88. The van der Waals surface area contributed by atoms with E-state index in [9.17, 15) is 0 Å². The van der Waals surface area contributed by atoms with Crippen LogP contribution < -0.4 is 5.32 Å². The Morgan fingerprint density at radius 2 is 2.00 bits per heavy atom. The average Bonchev–Trinajstić information content (AvgIpc) is 2.93. The minimum Gasteiger partial charge on any atom is -0.357 e. The highest BCUT2D eigenvalue weighted by Crippen LogP contribution is 2.08. The third-order valence-corrected chi connectivity index (χ3v) is 4.05. The number of nitrogens with one attached hydrogen (secondary N) is 1. The quantitative estimate of drug-likeness (QED) is 0.657. The Kier molecular flexibility index (Phi) is 6.27. The van der Waals surface area contributed by atoms with Gasteiger partial charge in [0, 0.05) is 39.1 Å². The Morgan fingerprint density at radius 3 is 2.65 bits per heavy atom. The summed E-state index contributed by atoms with van der Waals surface area (Å²) in [6, 6.07) is 12.7. The van der Waals surface area contributed by atoms with Crippen LogP contribution in [0.1, 0.15) is 23.7 Å². The van der Waals surface area contributed by atoms with Crippen molar-refractivity contribution in [2.75, 3.05) is 20.1 Å². The molecule has 0 atom stereocenters. The minimum absolute atomic E-state index is 0.796. The monoisotopic (exact) mass is 312 g/mol. The van der Waals surface area contributed by atoms with E-state index in [0.717, 1.165) is 32.0 Å². The van der Waals surface area contributed by atoms with Gasteiger partial charge in [0.1, 0.15) is 0 Å². The van der Waals surface area contributed by atoms with Crippen molar-refractivity contribution in [3.05, 3.63) is 59.4 Å². The van der Waals surface area contributed by atoms with E-state index in [-0.39, 0.29) is 0 Å². The lowest BCUT2D eigenvalue weighted by atomic mass is 10.1. The van der Waals surface area contributed by atoms with Gasteiger partial charge in [-0.05, 0) is 43.5 Å². The maximum atomic E-state index is 4.78. The zero-order valence-corrected chi connectivity index (χ0v) is 14.7. The summed E-state index contributed by atoms with van der Waals surface area (Å²) >= 11 is 0. The zero-order valence-electron chi connectivity index (χ0n) is 14.7. The minimum atomic E-state index is 0.796. The molecule has 0 fully saturated rings. The molecule has 4 heteroatoms. The van der Waals surface area contributed by atoms with E-state index in [0.29, 0.717) is 0 Å². The van der Waals surface area contributed by atoms with E-state index < -0.39 is 0 Å². The molecule has 0 saturated carbocycles. The molecule has 23 heavy (non-hydrogen) atoms. The molecule has 1 N–H and O–H groups in total. The molecule has 0 aliphatic heterocycles. The lowest BCUT2D eigenvalue weighted by Crippen LogP contribution is -2.39. The molecule has 0 saturated heterocycles. The molecular weight excluding hydrogens is 284 g/mol. The third-order valence-electron chi connectivity index (χ3n) is 4.05. The van der Waals surface area contributed by atoms with Gasteiger partial charge in [0.05, 0.1) is 6.54 Å². The van der Waals surface area contributed by atoms with Gasteiger partial charge in [-0.15, -0.1) is 0 Å². The molecule has 0 aliphatic rings. The van der Waals surface area contributed by atoms with Crippen molar-refractivity contribution in [3.8, 4) is 0 Å². The van der Waals surface area contributed by atoms with Crippen LogP contribution >= 0.6 is 0 Å². The number of aromatic nitrogens is 1. The molecule has 0 amide bonds. The van der Waals surface area contributed by atoms with Crippen LogP contribution in [0.2, 0.25) is 0 Å². The van der Waals surface area contributed by atoms with Crippen molar-refractivity contribution in [1.82, 2.24) is 14.8 Å². The van der Waals surface area contributed by atoms with Gasteiger partial charge >= 0.3 is 0 Å². The van der Waals surface area contributed by atoms with Crippen molar-refractivity contribution >= 4 is 5.96 Å². The van der Waals surface area contributed by atoms with Gasteiger partial charge in [0.15, 0.2) is 5.96 Å². The summed E-state index contributed by atoms with van der Waals surface area (Å²) < 4.78 is 2.15. The van der Waals surface area contributed by atoms with E-state index >= 15 is 0 Å². The molecule has 0 aliphatic carbocycles. The second kappa shape index (κ2) is 8.42. The zero-order chi connectivity index (χ0) is 16.7. The molecule has 0 bridgehead atoms. The molecule has 1 aromatic carbocycles. The normalized spacial score (nSPS) is 11.6. The lowest BCUT2D eigenvalue weighted by molar-refractivity contribution is 0.462. The van der Waals surface area contributed by atoms with Crippen molar-refractivity contribution in [2.24, 2.45) is 12.0 Å². The first-order valence-electron chi connectivity index (χ1n) is 8.26. The Morgan fingerprint density at radius 1 is 1.22 bits per heavy atom. The SMILES string of the molecule is CCNC(=NCCc1ccccc1C)N(C)Cc1cccn1C. The van der Waals surface area contributed by atoms with E-state index in [1.54, 1.807) is 0 Å². The molecule has 124 valence electrons. The van der Waals surface area contributed by atoms with Crippen LogP contribution in [0.15, 0.2) is 47.6 Å². The predicted octanol–water partition coefficient (Wildman–Crippen LogP) is 2.97. The Hall–Kier alpha value is -2.23. The highest BCUT2D eigenvalue weighted by atomic mass is 15.3. The third kappa shape index (κ3) is 4.88. The van der Waals surface area contributed by atoms with Crippen LogP contribution in [0, 0.1) is 6.92 Å². The van der Waals surface area contributed by atoms with E-state index in [1.807, 2.05) is 0 Å². The van der Waals surface area contributed by atoms with Crippen LogP contribution in [-0.2, 0) is 20.0 Å². The summed E-state index contributed by atoms with van der Waals surface area (Å²) in [6.07, 6.45) is 3.05. The number of nitrogens with zero attached hydrogens (tertiary/aromatic N) is 3. The Labute approximate surface area is 139 Å². The number of hydrogen-bond donors (Lipinski definition) is 1. The van der Waals surface area contributed by atoms with E-state index in [2.05, 4.69) is 85.3 Å². The number of guanidine groups is 1.